The van der Waals surface area contributed by atoms with Gasteiger partial charge in [0.1, 0.15) is 0 Å². The number of para-hydroxylation sites is 2. The Morgan fingerprint density at radius 1 is 1.00 bits per heavy atom. The Balaban J connectivity index is 2.21. The number of aromatic nitrogens is 2. The fourth-order valence-corrected chi connectivity index (χ4v) is 3.37. The SMILES string of the molecule is CCCn1c(=O)n([C@H](CCNC)c2ccccc2)c2ccccc21. The lowest BCUT2D eigenvalue weighted by molar-refractivity contribution is 0.508. The van der Waals surface area contributed by atoms with Crippen LogP contribution in [0.25, 0.3) is 11.0 Å². The van der Waals surface area contributed by atoms with Crippen LogP contribution in [0, 0.1) is 0 Å². The molecule has 0 aliphatic carbocycles. The van der Waals surface area contributed by atoms with Gasteiger partial charge >= 0.3 is 5.69 Å². The number of nitrogens with zero attached hydrogens (tertiary/aromatic N) is 2. The van der Waals surface area contributed by atoms with Gasteiger partial charge in [0.25, 0.3) is 0 Å². The second-order valence-electron chi connectivity index (χ2n) is 6.11. The molecule has 0 fully saturated rings. The Hall–Kier alpha value is -2.33. The van der Waals surface area contributed by atoms with Crippen molar-refractivity contribution in [3.8, 4) is 0 Å². The minimum absolute atomic E-state index is 0.0363. The fraction of sp³-hybridized carbons (Fsp3) is 0.350. The molecule has 1 N–H and O–H groups in total. The van der Waals surface area contributed by atoms with Gasteiger partial charge in [-0.05, 0) is 44.1 Å². The maximum atomic E-state index is 13.2. The molecule has 0 bridgehead atoms. The average molecular weight is 323 g/mol. The zero-order valence-corrected chi connectivity index (χ0v) is 14.4. The smallest absolute Gasteiger partial charge is 0.320 e. The van der Waals surface area contributed by atoms with E-state index in [1.54, 1.807) is 0 Å². The molecule has 0 aliphatic heterocycles. The molecular formula is C20H25N3O. The zero-order chi connectivity index (χ0) is 16.9. The first-order valence-corrected chi connectivity index (χ1v) is 8.67. The summed E-state index contributed by atoms with van der Waals surface area (Å²) >= 11 is 0. The van der Waals surface area contributed by atoms with Crippen LogP contribution in [0.2, 0.25) is 0 Å². The molecule has 0 saturated carbocycles. The van der Waals surface area contributed by atoms with Gasteiger partial charge in [0.2, 0.25) is 0 Å². The summed E-state index contributed by atoms with van der Waals surface area (Å²) in [7, 11) is 1.95. The first kappa shape index (κ1) is 16.5. The van der Waals surface area contributed by atoms with Crippen molar-refractivity contribution in [2.24, 2.45) is 0 Å². The van der Waals surface area contributed by atoms with Gasteiger partial charge in [-0.3, -0.25) is 9.13 Å². The number of benzene rings is 2. The van der Waals surface area contributed by atoms with Gasteiger partial charge < -0.3 is 5.32 Å². The molecule has 2 aromatic carbocycles. The molecule has 24 heavy (non-hydrogen) atoms. The van der Waals surface area contributed by atoms with Gasteiger partial charge in [-0.25, -0.2) is 4.79 Å². The molecule has 0 aliphatic rings. The van der Waals surface area contributed by atoms with Gasteiger partial charge in [-0.2, -0.15) is 0 Å². The van der Waals surface area contributed by atoms with Crippen LogP contribution in [0.5, 0.6) is 0 Å². The molecule has 3 rings (SSSR count). The van der Waals surface area contributed by atoms with Crippen LogP contribution >= 0.6 is 0 Å². The molecule has 0 unspecified atom stereocenters. The van der Waals surface area contributed by atoms with Crippen molar-refractivity contribution >= 4 is 11.0 Å². The maximum absolute atomic E-state index is 13.2. The van der Waals surface area contributed by atoms with Crippen molar-refractivity contribution in [1.82, 2.24) is 14.5 Å². The quantitative estimate of drug-likeness (QED) is 0.724. The third-order valence-corrected chi connectivity index (χ3v) is 4.48. The van der Waals surface area contributed by atoms with Gasteiger partial charge in [0, 0.05) is 6.54 Å². The first-order valence-electron chi connectivity index (χ1n) is 8.67. The maximum Gasteiger partial charge on any atom is 0.329 e. The lowest BCUT2D eigenvalue weighted by atomic mass is 10.0. The van der Waals surface area contributed by atoms with Gasteiger partial charge in [0.05, 0.1) is 17.1 Å². The number of fused-ring (bicyclic) bond motifs is 1. The Morgan fingerprint density at radius 2 is 1.67 bits per heavy atom. The minimum atomic E-state index is 0.0363. The van der Waals surface area contributed by atoms with E-state index in [0.717, 1.165) is 37.0 Å². The van der Waals surface area contributed by atoms with Crippen LogP contribution in [0.1, 0.15) is 31.4 Å². The molecule has 0 radical (unpaired) electrons. The standard InChI is InChI=1S/C20H25N3O/c1-3-15-22-18-11-7-8-12-19(18)23(20(22)24)17(13-14-21-2)16-9-5-4-6-10-16/h4-12,17,21H,3,13-15H2,1-2H3/t17-/m1/s1. The van der Waals surface area contributed by atoms with Crippen LogP contribution in [0.3, 0.4) is 0 Å². The summed E-state index contributed by atoms with van der Waals surface area (Å²) in [6, 6.07) is 18.5. The van der Waals surface area contributed by atoms with E-state index in [9.17, 15) is 4.79 Å². The summed E-state index contributed by atoms with van der Waals surface area (Å²) < 4.78 is 3.88. The number of hydrogen-bond acceptors (Lipinski definition) is 2. The molecule has 4 heteroatoms. The van der Waals surface area contributed by atoms with E-state index >= 15 is 0 Å². The molecule has 126 valence electrons. The van der Waals surface area contributed by atoms with Crippen molar-refractivity contribution in [2.45, 2.75) is 32.4 Å². The third-order valence-electron chi connectivity index (χ3n) is 4.48. The highest BCUT2D eigenvalue weighted by atomic mass is 16.1. The van der Waals surface area contributed by atoms with Crippen LogP contribution < -0.4 is 11.0 Å². The number of rotatable bonds is 7. The van der Waals surface area contributed by atoms with Crippen molar-refractivity contribution in [3.05, 3.63) is 70.6 Å². The van der Waals surface area contributed by atoms with E-state index in [-0.39, 0.29) is 11.7 Å². The predicted molar refractivity (Wildman–Crippen MR) is 99.6 cm³/mol. The average Bonchev–Trinajstić information content (AvgIpc) is 2.90. The van der Waals surface area contributed by atoms with E-state index in [2.05, 4.69) is 30.4 Å². The van der Waals surface area contributed by atoms with Crippen LogP contribution in [0.15, 0.2) is 59.4 Å². The lowest BCUT2D eigenvalue weighted by Crippen LogP contribution is -2.29. The normalized spacial score (nSPS) is 12.6. The second kappa shape index (κ2) is 7.49. The fourth-order valence-electron chi connectivity index (χ4n) is 3.37. The number of hydrogen-bond donors (Lipinski definition) is 1. The van der Waals surface area contributed by atoms with Gasteiger partial charge in [-0.15, -0.1) is 0 Å². The lowest BCUT2D eigenvalue weighted by Gasteiger charge is -2.19. The van der Waals surface area contributed by atoms with Crippen molar-refractivity contribution in [3.63, 3.8) is 0 Å². The highest BCUT2D eigenvalue weighted by Gasteiger charge is 2.21. The molecule has 3 aromatic rings. The summed E-state index contributed by atoms with van der Waals surface area (Å²) in [5, 5.41) is 3.22. The van der Waals surface area contributed by atoms with E-state index in [0.29, 0.717) is 0 Å². The summed E-state index contributed by atoms with van der Waals surface area (Å²) in [5.41, 5.74) is 3.30. The van der Waals surface area contributed by atoms with Gasteiger partial charge in [0.15, 0.2) is 0 Å². The molecule has 1 aromatic heterocycles. The van der Waals surface area contributed by atoms with E-state index in [4.69, 9.17) is 0 Å². The number of imidazole rings is 1. The summed E-state index contributed by atoms with van der Waals surface area (Å²) in [5.74, 6) is 0. The van der Waals surface area contributed by atoms with Crippen molar-refractivity contribution in [2.75, 3.05) is 13.6 Å². The monoisotopic (exact) mass is 323 g/mol. The molecule has 0 saturated heterocycles. The number of aryl methyl sites for hydroxylation is 1. The largest absolute Gasteiger partial charge is 0.329 e. The predicted octanol–water partition coefficient (Wildman–Crippen LogP) is 3.41. The summed E-state index contributed by atoms with van der Waals surface area (Å²) in [4.78, 5) is 13.2. The van der Waals surface area contributed by atoms with E-state index in [1.807, 2.05) is 52.6 Å². The zero-order valence-electron chi connectivity index (χ0n) is 14.4. The number of nitrogens with one attached hydrogen (secondary N) is 1. The molecule has 4 nitrogen and oxygen atoms in total. The van der Waals surface area contributed by atoms with Crippen LogP contribution in [-0.4, -0.2) is 22.7 Å². The van der Waals surface area contributed by atoms with E-state index in [1.165, 1.54) is 5.56 Å². The van der Waals surface area contributed by atoms with Crippen molar-refractivity contribution < 1.29 is 0 Å². The van der Waals surface area contributed by atoms with Crippen LogP contribution in [0.4, 0.5) is 0 Å². The third kappa shape index (κ3) is 3.02. The topological polar surface area (TPSA) is 39.0 Å². The summed E-state index contributed by atoms with van der Waals surface area (Å²) in [6.45, 7) is 3.72. The summed E-state index contributed by atoms with van der Waals surface area (Å²) in [6.07, 6.45) is 1.82. The Kier molecular flexibility index (Phi) is 5.16. The highest BCUT2D eigenvalue weighted by Crippen LogP contribution is 2.25. The highest BCUT2D eigenvalue weighted by molar-refractivity contribution is 5.76. The first-order chi connectivity index (χ1) is 11.8. The molecule has 1 atom stereocenters. The Bertz CT molecular complexity index is 848. The Morgan fingerprint density at radius 3 is 2.33 bits per heavy atom. The molecule has 0 spiro atoms. The van der Waals surface area contributed by atoms with E-state index < -0.39 is 0 Å². The molecule has 1 heterocycles. The van der Waals surface area contributed by atoms with Crippen molar-refractivity contribution in [1.29, 1.82) is 0 Å². The molecular weight excluding hydrogens is 298 g/mol. The van der Waals surface area contributed by atoms with Gasteiger partial charge in [-0.1, -0.05) is 49.4 Å². The second-order valence-corrected chi connectivity index (χ2v) is 6.11. The Labute approximate surface area is 142 Å². The van der Waals surface area contributed by atoms with Crippen LogP contribution in [-0.2, 0) is 6.54 Å². The molecule has 0 amide bonds. The minimum Gasteiger partial charge on any atom is -0.320 e.